The molecule has 0 fully saturated rings. The molecular weight excluding hydrogens is 460 g/mol. The molecule has 0 radical (unpaired) electrons. The number of ketones is 1. The van der Waals surface area contributed by atoms with Gasteiger partial charge in [-0.25, -0.2) is 4.98 Å². The third-order valence-corrected chi connectivity index (χ3v) is 7.64. The van der Waals surface area contributed by atoms with Gasteiger partial charge in [-0.05, 0) is 48.9 Å². The van der Waals surface area contributed by atoms with Gasteiger partial charge < -0.3 is 14.8 Å². The zero-order chi connectivity index (χ0) is 24.1. The van der Waals surface area contributed by atoms with E-state index < -0.39 is 5.92 Å². The van der Waals surface area contributed by atoms with Crippen LogP contribution in [0, 0.1) is 18.3 Å². The number of aromatic nitrogens is 3. The van der Waals surface area contributed by atoms with E-state index in [0.717, 1.165) is 33.6 Å². The zero-order valence-corrected chi connectivity index (χ0v) is 19.9. The van der Waals surface area contributed by atoms with E-state index in [2.05, 4.69) is 32.2 Å². The Morgan fingerprint density at radius 2 is 2.14 bits per heavy atom. The van der Waals surface area contributed by atoms with Gasteiger partial charge in [-0.1, -0.05) is 17.3 Å². The van der Waals surface area contributed by atoms with Crippen molar-refractivity contribution in [3.63, 3.8) is 0 Å². The molecule has 0 saturated heterocycles. The molecule has 6 rings (SSSR count). The summed E-state index contributed by atoms with van der Waals surface area (Å²) in [4.78, 5) is 20.4. The second kappa shape index (κ2) is 8.25. The van der Waals surface area contributed by atoms with Crippen LogP contribution in [-0.4, -0.2) is 20.5 Å². The summed E-state index contributed by atoms with van der Waals surface area (Å²) in [7, 11) is 0. The summed E-state index contributed by atoms with van der Waals surface area (Å²) in [5.74, 6) is 0.997. The van der Waals surface area contributed by atoms with E-state index in [1.54, 1.807) is 29.2 Å². The number of imidazole rings is 1. The molecule has 2 aliphatic rings. The number of nitrogens with zero attached hydrogens (tertiary/aromatic N) is 5. The topological polar surface area (TPSA) is 114 Å². The fourth-order valence-corrected chi connectivity index (χ4v) is 6.07. The smallest absolute Gasteiger partial charge is 0.182 e. The number of nitrogens with two attached hydrogens (primary N) is 1. The van der Waals surface area contributed by atoms with E-state index in [1.807, 2.05) is 30.6 Å². The number of hydrogen-bond acceptors (Lipinski definition) is 8. The van der Waals surface area contributed by atoms with Crippen molar-refractivity contribution in [1.29, 1.82) is 5.26 Å². The van der Waals surface area contributed by atoms with E-state index >= 15 is 0 Å². The Kier molecular flexibility index (Phi) is 5.04. The number of rotatable bonds is 4. The molecule has 0 bridgehead atoms. The highest BCUT2D eigenvalue weighted by atomic mass is 32.1. The van der Waals surface area contributed by atoms with E-state index in [9.17, 15) is 10.1 Å². The van der Waals surface area contributed by atoms with Crippen LogP contribution in [0.15, 0.2) is 75.3 Å². The van der Waals surface area contributed by atoms with Gasteiger partial charge in [-0.2, -0.15) is 5.26 Å². The van der Waals surface area contributed by atoms with Crippen molar-refractivity contribution < 1.29 is 9.32 Å². The van der Waals surface area contributed by atoms with Gasteiger partial charge in [0.15, 0.2) is 11.6 Å². The van der Waals surface area contributed by atoms with Gasteiger partial charge in [0.1, 0.15) is 11.6 Å². The molecule has 4 heterocycles. The van der Waals surface area contributed by atoms with Crippen molar-refractivity contribution in [2.24, 2.45) is 5.73 Å². The molecule has 0 amide bonds. The van der Waals surface area contributed by atoms with Gasteiger partial charge in [-0.15, -0.1) is 11.3 Å². The van der Waals surface area contributed by atoms with Gasteiger partial charge in [0.2, 0.25) is 0 Å². The summed E-state index contributed by atoms with van der Waals surface area (Å²) < 4.78 is 7.37. The van der Waals surface area contributed by atoms with Crippen LogP contribution in [0.3, 0.4) is 0 Å². The Hall–Kier alpha value is -4.16. The number of para-hydroxylation sites is 2. The van der Waals surface area contributed by atoms with E-state index in [0.29, 0.717) is 47.9 Å². The predicted octanol–water partition coefficient (Wildman–Crippen LogP) is 4.75. The minimum Gasteiger partial charge on any atom is -0.384 e. The summed E-state index contributed by atoms with van der Waals surface area (Å²) >= 11 is 1.55. The average Bonchev–Trinajstić information content (AvgIpc) is 3.59. The number of Topliss-reactive ketones (excluding diaryl/α,β-unsaturated/α-hetero) is 1. The number of hydrogen-bond donors (Lipinski definition) is 1. The fraction of sp³-hybridized carbons (Fsp3) is 0.231. The largest absolute Gasteiger partial charge is 0.384 e. The number of benzene rings is 1. The summed E-state index contributed by atoms with van der Waals surface area (Å²) in [6, 6.07) is 14.2. The molecule has 35 heavy (non-hydrogen) atoms. The second-order valence-electron chi connectivity index (χ2n) is 8.83. The lowest BCUT2D eigenvalue weighted by Gasteiger charge is -2.37. The van der Waals surface area contributed by atoms with Gasteiger partial charge in [-0.3, -0.25) is 9.69 Å². The summed E-state index contributed by atoms with van der Waals surface area (Å²) in [5.41, 5.74) is 11.5. The molecule has 0 saturated carbocycles. The molecule has 2 N–H and O–H groups in total. The number of thiophene rings is 1. The monoisotopic (exact) mass is 482 g/mol. The molecule has 1 atom stereocenters. The van der Waals surface area contributed by atoms with Crippen LogP contribution >= 0.6 is 11.3 Å². The van der Waals surface area contributed by atoms with Crippen molar-refractivity contribution in [3.05, 3.63) is 87.0 Å². The minimum atomic E-state index is -0.481. The first-order valence-corrected chi connectivity index (χ1v) is 12.3. The maximum absolute atomic E-state index is 13.3. The Morgan fingerprint density at radius 3 is 2.94 bits per heavy atom. The van der Waals surface area contributed by atoms with Crippen LogP contribution < -0.4 is 10.6 Å². The van der Waals surface area contributed by atoms with Crippen molar-refractivity contribution in [3.8, 4) is 6.07 Å². The maximum Gasteiger partial charge on any atom is 0.182 e. The highest BCUT2D eigenvalue weighted by Gasteiger charge is 2.41. The molecular formula is C26H22N6O2S. The standard InChI is InChI=1S/C26H22N6O2S/c1-15-9-23(30-34-15)32-20-7-4-8-21(33)25(20)24(17(11-27)26(32)28)22-10-16(13-35-22)12-31-14-29-18-5-2-3-6-19(18)31/h2-3,5-6,9-10,13-14,24H,4,7-8,12,28H2,1H3. The van der Waals surface area contributed by atoms with Crippen LogP contribution in [0.5, 0.6) is 0 Å². The van der Waals surface area contributed by atoms with Gasteiger partial charge in [0, 0.05) is 35.2 Å². The molecule has 8 nitrogen and oxygen atoms in total. The Balaban J connectivity index is 1.43. The normalized spacial score (nSPS) is 18.3. The summed E-state index contributed by atoms with van der Waals surface area (Å²) in [6.07, 6.45) is 3.71. The lowest BCUT2D eigenvalue weighted by atomic mass is 9.78. The van der Waals surface area contributed by atoms with Crippen LogP contribution in [-0.2, 0) is 11.3 Å². The highest BCUT2D eigenvalue weighted by Crippen LogP contribution is 2.47. The minimum absolute atomic E-state index is 0.0530. The number of aryl methyl sites for hydroxylation is 1. The van der Waals surface area contributed by atoms with E-state index in [4.69, 9.17) is 10.3 Å². The lowest BCUT2D eigenvalue weighted by Crippen LogP contribution is -2.38. The third-order valence-electron chi connectivity index (χ3n) is 6.60. The van der Waals surface area contributed by atoms with Crippen molar-refractivity contribution >= 4 is 34.0 Å². The first kappa shape index (κ1) is 21.4. The number of anilines is 1. The number of fused-ring (bicyclic) bond motifs is 1. The Labute approximate surface area is 205 Å². The fourth-order valence-electron chi connectivity index (χ4n) is 5.05. The molecule has 174 valence electrons. The molecule has 1 aliphatic carbocycles. The van der Waals surface area contributed by atoms with Crippen LogP contribution in [0.4, 0.5) is 5.82 Å². The van der Waals surface area contributed by atoms with E-state index in [1.165, 1.54) is 0 Å². The number of allylic oxidation sites excluding steroid dienone is 3. The molecule has 1 unspecified atom stereocenters. The third kappa shape index (κ3) is 3.45. The van der Waals surface area contributed by atoms with Crippen LogP contribution in [0.1, 0.15) is 41.4 Å². The highest BCUT2D eigenvalue weighted by molar-refractivity contribution is 7.10. The quantitative estimate of drug-likeness (QED) is 0.446. The summed E-state index contributed by atoms with van der Waals surface area (Å²) in [6.45, 7) is 2.45. The van der Waals surface area contributed by atoms with Crippen LogP contribution in [0.25, 0.3) is 11.0 Å². The Bertz CT molecular complexity index is 1580. The molecule has 4 aromatic rings. The van der Waals surface area contributed by atoms with Gasteiger partial charge >= 0.3 is 0 Å². The zero-order valence-electron chi connectivity index (χ0n) is 19.1. The second-order valence-corrected chi connectivity index (χ2v) is 9.77. The van der Waals surface area contributed by atoms with Gasteiger partial charge in [0.25, 0.3) is 0 Å². The van der Waals surface area contributed by atoms with Crippen molar-refractivity contribution in [2.75, 3.05) is 4.90 Å². The van der Waals surface area contributed by atoms with Crippen molar-refractivity contribution in [1.82, 2.24) is 14.7 Å². The van der Waals surface area contributed by atoms with Crippen molar-refractivity contribution in [2.45, 2.75) is 38.6 Å². The van der Waals surface area contributed by atoms with Gasteiger partial charge in [0.05, 0.1) is 34.9 Å². The number of carbonyl (C=O) groups excluding carboxylic acids is 1. The Morgan fingerprint density at radius 1 is 1.29 bits per heavy atom. The first-order valence-electron chi connectivity index (χ1n) is 11.4. The number of carbonyl (C=O) groups is 1. The molecule has 0 spiro atoms. The molecule has 9 heteroatoms. The summed E-state index contributed by atoms with van der Waals surface area (Å²) in [5, 5.41) is 16.4. The lowest BCUT2D eigenvalue weighted by molar-refractivity contribution is -0.116. The molecule has 1 aromatic carbocycles. The maximum atomic E-state index is 13.3. The number of nitriles is 1. The first-order chi connectivity index (χ1) is 17.0. The predicted molar refractivity (Wildman–Crippen MR) is 132 cm³/mol. The van der Waals surface area contributed by atoms with E-state index in [-0.39, 0.29) is 5.78 Å². The average molecular weight is 483 g/mol. The molecule has 1 aliphatic heterocycles. The molecule has 3 aromatic heterocycles. The van der Waals surface area contributed by atoms with Crippen LogP contribution in [0.2, 0.25) is 0 Å². The SMILES string of the molecule is Cc1cc(N2C(N)=C(C#N)C(c3cc(Cn4cnc5ccccc54)cs3)C3=C2CCCC3=O)no1.